The third kappa shape index (κ3) is 9.11. The molecule has 0 spiro atoms. The highest BCUT2D eigenvalue weighted by atomic mass is 16.8. The zero-order chi connectivity index (χ0) is 30.3. The molecule has 2 aliphatic rings. The van der Waals surface area contributed by atoms with Gasteiger partial charge < -0.3 is 47.7 Å². The molecule has 0 radical (unpaired) electrons. The second-order valence-corrected chi connectivity index (χ2v) is 9.05. The van der Waals surface area contributed by atoms with Gasteiger partial charge in [-0.25, -0.2) is 0 Å². The molecule has 16 heteroatoms. The minimum Gasteiger partial charge on any atom is -0.463 e. The molecule has 2 saturated heterocycles. The van der Waals surface area contributed by atoms with Crippen LogP contribution in [0.5, 0.6) is 0 Å². The fourth-order valence-corrected chi connectivity index (χ4v) is 4.27. The van der Waals surface area contributed by atoms with Crippen molar-refractivity contribution in [2.24, 2.45) is 0 Å². The number of aliphatic hydroxyl groups is 1. The second kappa shape index (κ2) is 14.3. The summed E-state index contributed by atoms with van der Waals surface area (Å²) in [5, 5.41) is 10.8. The molecule has 2 fully saturated rings. The topological polar surface area (TPSA) is 206 Å². The normalized spacial score (nSPS) is 33.6. The van der Waals surface area contributed by atoms with Crippen molar-refractivity contribution < 1.29 is 76.5 Å². The highest BCUT2D eigenvalue weighted by Crippen LogP contribution is 2.34. The lowest BCUT2D eigenvalue weighted by Gasteiger charge is -2.47. The first-order valence-electron chi connectivity index (χ1n) is 12.2. The van der Waals surface area contributed by atoms with E-state index in [-0.39, 0.29) is 0 Å². The van der Waals surface area contributed by atoms with Gasteiger partial charge in [0.15, 0.2) is 49.2 Å². The number of carbonyl (C=O) groups is 6. The molecule has 2 heterocycles. The Morgan fingerprint density at radius 2 is 1.00 bits per heavy atom. The summed E-state index contributed by atoms with van der Waals surface area (Å²) in [4.78, 5) is 70.9. The third-order valence-corrected chi connectivity index (χ3v) is 5.59. The number of ether oxygens (including phenoxy) is 9. The molecule has 0 saturated carbocycles. The molecular formula is C24H34O16. The first-order valence-corrected chi connectivity index (χ1v) is 12.2. The maximum absolute atomic E-state index is 12.0. The van der Waals surface area contributed by atoms with E-state index in [4.69, 9.17) is 42.6 Å². The molecule has 2 aliphatic heterocycles. The molecule has 0 amide bonds. The van der Waals surface area contributed by atoms with Crippen LogP contribution in [0.2, 0.25) is 0 Å². The summed E-state index contributed by atoms with van der Waals surface area (Å²) in [6, 6.07) is 0. The van der Waals surface area contributed by atoms with Crippen LogP contribution in [0.15, 0.2) is 0 Å². The maximum atomic E-state index is 12.0. The van der Waals surface area contributed by atoms with Gasteiger partial charge >= 0.3 is 35.8 Å². The van der Waals surface area contributed by atoms with Gasteiger partial charge in [-0.2, -0.15) is 0 Å². The van der Waals surface area contributed by atoms with Crippen molar-refractivity contribution in [2.75, 3.05) is 6.61 Å². The van der Waals surface area contributed by atoms with Crippen LogP contribution in [0.25, 0.3) is 0 Å². The van der Waals surface area contributed by atoms with E-state index >= 15 is 0 Å². The van der Waals surface area contributed by atoms with E-state index in [1.54, 1.807) is 0 Å². The summed E-state index contributed by atoms with van der Waals surface area (Å²) >= 11 is 0. The summed E-state index contributed by atoms with van der Waals surface area (Å²) < 4.78 is 48.6. The first-order chi connectivity index (χ1) is 18.6. The van der Waals surface area contributed by atoms with Crippen molar-refractivity contribution in [3.8, 4) is 0 Å². The first kappa shape index (κ1) is 32.9. The van der Waals surface area contributed by atoms with Gasteiger partial charge in [0.1, 0.15) is 12.7 Å². The molecule has 226 valence electrons. The Kier molecular flexibility index (Phi) is 11.8. The minimum atomic E-state index is -1.90. The predicted molar refractivity (Wildman–Crippen MR) is 124 cm³/mol. The van der Waals surface area contributed by atoms with E-state index in [1.807, 2.05) is 0 Å². The van der Waals surface area contributed by atoms with Crippen molar-refractivity contribution in [3.05, 3.63) is 0 Å². The number of aliphatic hydroxyl groups excluding tert-OH is 1. The number of hydrogen-bond acceptors (Lipinski definition) is 16. The molecule has 2 rings (SSSR count). The van der Waals surface area contributed by atoms with Gasteiger partial charge in [-0.15, -0.1) is 0 Å². The average Bonchev–Trinajstić information content (AvgIpc) is 2.80. The fourth-order valence-electron chi connectivity index (χ4n) is 4.27. The third-order valence-electron chi connectivity index (χ3n) is 5.59. The number of hydrogen-bond donors (Lipinski definition) is 1. The molecule has 0 aromatic rings. The van der Waals surface area contributed by atoms with Crippen LogP contribution < -0.4 is 0 Å². The quantitative estimate of drug-likeness (QED) is 0.259. The van der Waals surface area contributed by atoms with Crippen LogP contribution in [0, 0.1) is 0 Å². The van der Waals surface area contributed by atoms with Crippen LogP contribution in [0.1, 0.15) is 48.5 Å². The predicted octanol–water partition coefficient (Wildman–Crippen LogP) is -0.945. The highest BCUT2D eigenvalue weighted by Gasteiger charge is 2.56. The van der Waals surface area contributed by atoms with E-state index in [1.165, 1.54) is 6.92 Å². The Labute approximate surface area is 229 Å². The SMILES string of the molecule is CC(=O)OC[C@H]1O[C@@H](O)[C@H](OC2O[C@@H](C)[C@H](OC(C)=O)[C@@H](OC(C)=O)[C@H]2OC(C)=O)[C@@H](OC(C)=O)[C@@H]1OC(C)=O. The van der Waals surface area contributed by atoms with E-state index in [0.717, 1.165) is 41.5 Å². The minimum absolute atomic E-state index is 0.486. The Hall–Kier alpha value is -3.34. The Morgan fingerprint density at radius 3 is 1.48 bits per heavy atom. The van der Waals surface area contributed by atoms with Crippen molar-refractivity contribution in [3.63, 3.8) is 0 Å². The van der Waals surface area contributed by atoms with E-state index in [0.29, 0.717) is 0 Å². The molecular weight excluding hydrogens is 544 g/mol. The van der Waals surface area contributed by atoms with Crippen LogP contribution >= 0.6 is 0 Å². The van der Waals surface area contributed by atoms with Gasteiger partial charge in [0.2, 0.25) is 0 Å². The summed E-state index contributed by atoms with van der Waals surface area (Å²) in [5.41, 5.74) is 0. The van der Waals surface area contributed by atoms with Crippen molar-refractivity contribution >= 4 is 35.8 Å². The van der Waals surface area contributed by atoms with E-state index in [2.05, 4.69) is 0 Å². The average molecular weight is 579 g/mol. The van der Waals surface area contributed by atoms with Crippen molar-refractivity contribution in [2.45, 2.75) is 110 Å². The summed E-state index contributed by atoms with van der Waals surface area (Å²) in [5.74, 6) is -4.80. The van der Waals surface area contributed by atoms with Gasteiger partial charge in [0.25, 0.3) is 0 Å². The second-order valence-electron chi connectivity index (χ2n) is 9.05. The van der Waals surface area contributed by atoms with Crippen molar-refractivity contribution in [1.29, 1.82) is 0 Å². The molecule has 1 N–H and O–H groups in total. The lowest BCUT2D eigenvalue weighted by atomic mass is 9.96. The Morgan fingerprint density at radius 1 is 0.575 bits per heavy atom. The number of rotatable bonds is 9. The largest absolute Gasteiger partial charge is 0.463 e. The fraction of sp³-hybridized carbons (Fsp3) is 0.750. The van der Waals surface area contributed by atoms with Gasteiger partial charge in [-0.1, -0.05) is 0 Å². The van der Waals surface area contributed by atoms with Crippen LogP contribution in [0.3, 0.4) is 0 Å². The zero-order valence-corrected chi connectivity index (χ0v) is 23.1. The lowest BCUT2D eigenvalue weighted by molar-refractivity contribution is -0.360. The highest BCUT2D eigenvalue weighted by molar-refractivity contribution is 5.69. The number of carbonyl (C=O) groups excluding carboxylic acids is 6. The van der Waals surface area contributed by atoms with E-state index < -0.39 is 104 Å². The Balaban J connectivity index is 2.49. The van der Waals surface area contributed by atoms with E-state index in [9.17, 15) is 33.9 Å². The van der Waals surface area contributed by atoms with Crippen LogP contribution in [-0.4, -0.2) is 109 Å². The van der Waals surface area contributed by atoms with Gasteiger partial charge in [0.05, 0.1) is 6.10 Å². The standard InChI is InChI=1S/C24H34O16/c1-9-17(34-11(3)26)19(36-13(5)28)22(38-15(7)30)24(33-9)40-21-20(37-14(6)29)18(35-12(4)27)16(39-23(21)31)8-32-10(2)25/h9,16-24,31H,8H2,1-7H3/t9-,16+,17-,18+,19+,20-,21+,22+,23+,24?/m0/s1. The maximum Gasteiger partial charge on any atom is 0.303 e. The summed E-state index contributed by atoms with van der Waals surface area (Å²) in [6.45, 7) is 7.45. The summed E-state index contributed by atoms with van der Waals surface area (Å²) in [7, 11) is 0. The molecule has 40 heavy (non-hydrogen) atoms. The van der Waals surface area contributed by atoms with Gasteiger partial charge in [-0.3, -0.25) is 28.8 Å². The number of esters is 6. The molecule has 0 bridgehead atoms. The van der Waals surface area contributed by atoms with Crippen molar-refractivity contribution in [1.82, 2.24) is 0 Å². The van der Waals surface area contributed by atoms with Crippen LogP contribution in [-0.2, 0) is 71.4 Å². The zero-order valence-electron chi connectivity index (χ0n) is 23.1. The molecule has 0 aliphatic carbocycles. The molecule has 1 unspecified atom stereocenters. The van der Waals surface area contributed by atoms with Crippen LogP contribution in [0.4, 0.5) is 0 Å². The molecule has 0 aromatic heterocycles. The molecule has 0 aromatic carbocycles. The van der Waals surface area contributed by atoms with Gasteiger partial charge in [0, 0.05) is 41.5 Å². The monoisotopic (exact) mass is 578 g/mol. The molecule has 16 nitrogen and oxygen atoms in total. The smallest absolute Gasteiger partial charge is 0.303 e. The van der Waals surface area contributed by atoms with Gasteiger partial charge in [-0.05, 0) is 6.92 Å². The lowest BCUT2D eigenvalue weighted by Crippen LogP contribution is -2.66. The summed E-state index contributed by atoms with van der Waals surface area (Å²) in [6.07, 6.45) is -14.7. The Bertz CT molecular complexity index is 965. The molecule has 10 atom stereocenters.